The molecule has 0 unspecified atom stereocenters. The van der Waals surface area contributed by atoms with Crippen molar-refractivity contribution in [3.8, 4) is 11.5 Å². The van der Waals surface area contributed by atoms with Gasteiger partial charge in [0.05, 0.1) is 7.11 Å². The normalized spacial score (nSPS) is 11.2. The van der Waals surface area contributed by atoms with Crippen molar-refractivity contribution >= 4 is 5.91 Å². The lowest BCUT2D eigenvalue weighted by Crippen LogP contribution is -2.37. The van der Waals surface area contributed by atoms with Gasteiger partial charge >= 0.3 is 0 Å². The van der Waals surface area contributed by atoms with Crippen LogP contribution in [0, 0.1) is 5.82 Å². The van der Waals surface area contributed by atoms with Crippen molar-refractivity contribution in [1.82, 2.24) is 5.32 Å². The van der Waals surface area contributed by atoms with Crippen LogP contribution in [0.25, 0.3) is 0 Å². The predicted molar refractivity (Wildman–Crippen MR) is 108 cm³/mol. The topological polar surface area (TPSA) is 60.7 Å². The molecule has 5 nitrogen and oxygen atoms in total. The average molecular weight is 397 g/mol. The molecule has 1 amide bonds. The van der Waals surface area contributed by atoms with Crippen LogP contribution in [0.4, 0.5) is 4.39 Å². The molecule has 0 atom stereocenters. The fraction of sp³-hybridized carbons (Fsp3) is 0.261. The van der Waals surface area contributed by atoms with Gasteiger partial charge in [0, 0.05) is 12.0 Å². The summed E-state index contributed by atoms with van der Waals surface area (Å²) < 4.78 is 30.6. The Bertz CT molecular complexity index is 980. The second kappa shape index (κ2) is 8.82. The number of methoxy groups -OCH3 is 1. The lowest BCUT2D eigenvalue weighted by atomic mass is 9.84. The van der Waals surface area contributed by atoms with Gasteiger partial charge in [0.1, 0.15) is 18.2 Å². The molecule has 0 aliphatic heterocycles. The Labute approximate surface area is 169 Å². The van der Waals surface area contributed by atoms with Crippen molar-refractivity contribution < 1.29 is 23.1 Å². The number of halogens is 1. The van der Waals surface area contributed by atoms with Crippen LogP contribution in [-0.4, -0.2) is 19.6 Å². The van der Waals surface area contributed by atoms with E-state index in [4.69, 9.17) is 13.9 Å². The Morgan fingerprint density at radius 1 is 1.03 bits per heavy atom. The van der Waals surface area contributed by atoms with Crippen LogP contribution < -0.4 is 14.8 Å². The van der Waals surface area contributed by atoms with Gasteiger partial charge in [-0.15, -0.1) is 0 Å². The second-order valence-electron chi connectivity index (χ2n) is 7.25. The number of rotatable bonds is 8. The molecule has 0 bridgehead atoms. The van der Waals surface area contributed by atoms with E-state index >= 15 is 0 Å². The summed E-state index contributed by atoms with van der Waals surface area (Å²) in [5, 5.41) is 2.81. The summed E-state index contributed by atoms with van der Waals surface area (Å²) in [6, 6.07) is 17.1. The Morgan fingerprint density at radius 3 is 2.45 bits per heavy atom. The molecule has 29 heavy (non-hydrogen) atoms. The first-order chi connectivity index (χ1) is 13.9. The first-order valence-electron chi connectivity index (χ1n) is 9.28. The zero-order valence-electron chi connectivity index (χ0n) is 16.7. The maximum absolute atomic E-state index is 14.1. The minimum absolute atomic E-state index is 0.161. The number of benzene rings is 2. The van der Waals surface area contributed by atoms with E-state index in [0.29, 0.717) is 22.8 Å². The van der Waals surface area contributed by atoms with E-state index in [1.165, 1.54) is 6.07 Å². The van der Waals surface area contributed by atoms with Crippen LogP contribution in [0.3, 0.4) is 0 Å². The van der Waals surface area contributed by atoms with E-state index in [1.807, 2.05) is 26.0 Å². The van der Waals surface area contributed by atoms with Crippen molar-refractivity contribution in [2.24, 2.45) is 0 Å². The monoisotopic (exact) mass is 397 g/mol. The third-order valence-corrected chi connectivity index (χ3v) is 4.62. The average Bonchev–Trinajstić information content (AvgIpc) is 3.20. The highest BCUT2D eigenvalue weighted by Gasteiger charge is 2.25. The highest BCUT2D eigenvalue weighted by Crippen LogP contribution is 2.27. The molecule has 0 saturated carbocycles. The molecule has 152 valence electrons. The van der Waals surface area contributed by atoms with E-state index in [2.05, 4.69) is 5.32 Å². The van der Waals surface area contributed by atoms with Gasteiger partial charge in [0.25, 0.3) is 5.91 Å². The Morgan fingerprint density at radius 2 is 1.72 bits per heavy atom. The Balaban J connectivity index is 1.58. The Hall–Kier alpha value is -3.28. The third-order valence-electron chi connectivity index (χ3n) is 4.62. The van der Waals surface area contributed by atoms with Gasteiger partial charge in [0.15, 0.2) is 17.3 Å². The zero-order valence-corrected chi connectivity index (χ0v) is 16.7. The van der Waals surface area contributed by atoms with Crippen LogP contribution in [0.5, 0.6) is 11.5 Å². The molecule has 1 aromatic heterocycles. The van der Waals surface area contributed by atoms with Crippen LogP contribution >= 0.6 is 0 Å². The van der Waals surface area contributed by atoms with Gasteiger partial charge < -0.3 is 19.2 Å². The van der Waals surface area contributed by atoms with Crippen molar-refractivity contribution in [3.63, 3.8) is 0 Å². The first kappa shape index (κ1) is 20.5. The summed E-state index contributed by atoms with van der Waals surface area (Å²) in [6.45, 7) is 4.18. The van der Waals surface area contributed by atoms with Crippen molar-refractivity contribution in [2.75, 3.05) is 13.7 Å². The van der Waals surface area contributed by atoms with E-state index in [9.17, 15) is 9.18 Å². The number of para-hydroxylation sites is 2. The van der Waals surface area contributed by atoms with Crippen LogP contribution in [0.15, 0.2) is 65.1 Å². The minimum Gasteiger partial charge on any atom is -0.493 e. The van der Waals surface area contributed by atoms with Gasteiger partial charge in [-0.3, -0.25) is 4.79 Å². The number of carbonyl (C=O) groups is 1. The molecule has 1 heterocycles. The highest BCUT2D eigenvalue weighted by atomic mass is 19.1. The maximum Gasteiger partial charge on any atom is 0.287 e. The van der Waals surface area contributed by atoms with Crippen LogP contribution in [0.1, 0.15) is 35.7 Å². The number of hydrogen-bond acceptors (Lipinski definition) is 4. The van der Waals surface area contributed by atoms with Gasteiger partial charge in [0.2, 0.25) is 0 Å². The second-order valence-corrected chi connectivity index (χ2v) is 7.25. The number of nitrogens with one attached hydrogen (secondary N) is 1. The molecule has 2 aromatic carbocycles. The number of furan rings is 1. The van der Waals surface area contributed by atoms with Crippen LogP contribution in [-0.2, 0) is 12.0 Å². The fourth-order valence-electron chi connectivity index (χ4n) is 2.96. The van der Waals surface area contributed by atoms with Gasteiger partial charge in [-0.1, -0.05) is 44.2 Å². The summed E-state index contributed by atoms with van der Waals surface area (Å²) in [6.07, 6.45) is 0. The largest absolute Gasteiger partial charge is 0.493 e. The predicted octanol–water partition coefficient (Wildman–Crippen LogP) is 4.71. The van der Waals surface area contributed by atoms with E-state index < -0.39 is 5.41 Å². The molecule has 0 spiro atoms. The van der Waals surface area contributed by atoms with E-state index in [0.717, 1.165) is 0 Å². The standard InChI is InChI=1S/C23H24FNO4/c1-23(2,17-8-4-5-9-18(17)24)15-25-22(26)21-13-12-16(29-21)14-28-20-11-7-6-10-19(20)27-3/h4-13H,14-15H2,1-3H3,(H,25,26). The number of hydrogen-bond donors (Lipinski definition) is 1. The lowest BCUT2D eigenvalue weighted by molar-refractivity contribution is 0.0913. The number of amides is 1. The van der Waals surface area contributed by atoms with Crippen LogP contribution in [0.2, 0.25) is 0 Å². The first-order valence-corrected chi connectivity index (χ1v) is 9.28. The summed E-state index contributed by atoms with van der Waals surface area (Å²) in [4.78, 5) is 12.4. The molecular formula is C23H24FNO4. The molecule has 0 radical (unpaired) electrons. The number of ether oxygens (including phenoxy) is 2. The molecule has 3 aromatic rings. The van der Waals surface area contributed by atoms with E-state index in [1.54, 1.807) is 49.6 Å². The third kappa shape index (κ3) is 4.96. The molecule has 0 aliphatic carbocycles. The molecule has 1 N–H and O–H groups in total. The lowest BCUT2D eigenvalue weighted by Gasteiger charge is -2.25. The highest BCUT2D eigenvalue weighted by molar-refractivity contribution is 5.91. The van der Waals surface area contributed by atoms with Crippen molar-refractivity contribution in [2.45, 2.75) is 25.9 Å². The van der Waals surface area contributed by atoms with Gasteiger partial charge in [-0.05, 0) is 35.9 Å². The number of carbonyl (C=O) groups excluding carboxylic acids is 1. The molecule has 0 saturated heterocycles. The quantitative estimate of drug-likeness (QED) is 0.598. The SMILES string of the molecule is COc1ccccc1OCc1ccc(C(=O)NCC(C)(C)c2ccccc2F)o1. The van der Waals surface area contributed by atoms with Gasteiger partial charge in [-0.2, -0.15) is 0 Å². The molecule has 0 fully saturated rings. The maximum atomic E-state index is 14.1. The zero-order chi connectivity index (χ0) is 20.9. The molecular weight excluding hydrogens is 373 g/mol. The molecule has 3 rings (SSSR count). The summed E-state index contributed by atoms with van der Waals surface area (Å²) in [7, 11) is 1.57. The summed E-state index contributed by atoms with van der Waals surface area (Å²) in [5.41, 5.74) is -0.0192. The smallest absolute Gasteiger partial charge is 0.287 e. The minimum atomic E-state index is -0.566. The summed E-state index contributed by atoms with van der Waals surface area (Å²) >= 11 is 0. The molecule has 0 aliphatic rings. The fourth-order valence-corrected chi connectivity index (χ4v) is 2.96. The summed E-state index contributed by atoms with van der Waals surface area (Å²) in [5.74, 6) is 1.23. The van der Waals surface area contributed by atoms with E-state index in [-0.39, 0.29) is 30.6 Å². The van der Waals surface area contributed by atoms with Gasteiger partial charge in [-0.25, -0.2) is 4.39 Å². The Kier molecular flexibility index (Phi) is 6.22. The van der Waals surface area contributed by atoms with Crippen molar-refractivity contribution in [1.29, 1.82) is 0 Å². The molecule has 6 heteroatoms. The van der Waals surface area contributed by atoms with Crippen molar-refractivity contribution in [3.05, 3.63) is 83.6 Å².